The highest BCUT2D eigenvalue weighted by molar-refractivity contribution is 5.65. The van der Waals surface area contributed by atoms with E-state index in [2.05, 4.69) is 38.4 Å². The average Bonchev–Trinajstić information content (AvgIpc) is 3.48. The summed E-state index contributed by atoms with van der Waals surface area (Å²) < 4.78 is 48.5. The van der Waals surface area contributed by atoms with Gasteiger partial charge in [-0.2, -0.15) is 23.4 Å². The largest absolute Gasteiger partial charge is 0.461 e. The lowest BCUT2D eigenvalue weighted by Gasteiger charge is -2.33. The van der Waals surface area contributed by atoms with Gasteiger partial charge in [0.1, 0.15) is 6.61 Å². The highest BCUT2D eigenvalue weighted by atomic mass is 19.4. The highest BCUT2D eigenvalue weighted by Crippen LogP contribution is 2.33. The zero-order valence-electron chi connectivity index (χ0n) is 20.6. The number of halogens is 3. The van der Waals surface area contributed by atoms with Gasteiger partial charge in [0.25, 0.3) is 0 Å². The van der Waals surface area contributed by atoms with Crippen molar-refractivity contribution >= 4 is 11.5 Å². The maximum Gasteiger partial charge on any atom is 0.416 e. The Kier molecular flexibility index (Phi) is 7.17. The summed E-state index contributed by atoms with van der Waals surface area (Å²) in [4.78, 5) is 13.5. The van der Waals surface area contributed by atoms with Gasteiger partial charge in [-0.3, -0.25) is 0 Å². The van der Waals surface area contributed by atoms with Gasteiger partial charge in [-0.15, -0.1) is 5.10 Å². The average molecular weight is 515 g/mol. The third-order valence-electron chi connectivity index (χ3n) is 7.06. The quantitative estimate of drug-likeness (QED) is 0.515. The molecule has 0 bridgehead atoms. The molecule has 1 N–H and O–H groups in total. The number of fused-ring (bicyclic) bond motifs is 1. The number of hydrogen-bond acceptors (Lipinski definition) is 8. The third kappa shape index (κ3) is 5.47. The van der Waals surface area contributed by atoms with Crippen LogP contribution in [-0.2, 0) is 12.6 Å². The summed E-state index contributed by atoms with van der Waals surface area (Å²) >= 11 is 0. The van der Waals surface area contributed by atoms with E-state index in [1.54, 1.807) is 16.8 Å². The fourth-order valence-electron chi connectivity index (χ4n) is 5.06. The fraction of sp³-hybridized carbons (Fsp3) is 0.520. The Morgan fingerprint density at radius 3 is 2.84 bits per heavy atom. The van der Waals surface area contributed by atoms with Crippen LogP contribution in [0.15, 0.2) is 30.5 Å². The smallest absolute Gasteiger partial charge is 0.416 e. The number of anilines is 1. The second kappa shape index (κ2) is 10.5. The van der Waals surface area contributed by atoms with Gasteiger partial charge in [0, 0.05) is 38.1 Å². The number of likely N-dealkylation sites (tertiary alicyclic amines) is 1. The SMILES string of the molecule is CN1CCCC1COc1nc(N2CCNC(CC#N)C2)c2ncc(Cc3ccccc3C(F)(F)F)n2n1. The number of alkyl halides is 3. The van der Waals surface area contributed by atoms with Crippen LogP contribution in [-0.4, -0.2) is 76.4 Å². The second-order valence-electron chi connectivity index (χ2n) is 9.58. The van der Waals surface area contributed by atoms with Crippen LogP contribution in [0.4, 0.5) is 19.0 Å². The number of likely N-dealkylation sites (N-methyl/N-ethyl adjacent to an activating group) is 1. The van der Waals surface area contributed by atoms with E-state index in [0.29, 0.717) is 49.8 Å². The Hall–Kier alpha value is -3.43. The first-order chi connectivity index (χ1) is 17.8. The van der Waals surface area contributed by atoms with Crippen molar-refractivity contribution in [1.29, 1.82) is 5.26 Å². The van der Waals surface area contributed by atoms with Gasteiger partial charge >= 0.3 is 12.2 Å². The van der Waals surface area contributed by atoms with Crippen LogP contribution in [0.1, 0.15) is 36.1 Å². The predicted molar refractivity (Wildman–Crippen MR) is 130 cm³/mol. The van der Waals surface area contributed by atoms with E-state index in [0.717, 1.165) is 25.5 Å². The number of benzene rings is 1. The lowest BCUT2D eigenvalue weighted by atomic mass is 10.0. The molecule has 0 spiro atoms. The molecular weight excluding hydrogens is 485 g/mol. The van der Waals surface area contributed by atoms with Crippen LogP contribution >= 0.6 is 0 Å². The molecule has 9 nitrogen and oxygen atoms in total. The third-order valence-corrected chi connectivity index (χ3v) is 7.06. The van der Waals surface area contributed by atoms with Crippen molar-refractivity contribution in [3.05, 3.63) is 47.3 Å². The maximum atomic E-state index is 13.6. The topological polar surface area (TPSA) is 94.6 Å². The van der Waals surface area contributed by atoms with Gasteiger partial charge in [-0.1, -0.05) is 18.2 Å². The molecule has 0 aliphatic carbocycles. The molecule has 2 aromatic heterocycles. The molecule has 1 aromatic carbocycles. The molecule has 2 unspecified atom stereocenters. The lowest BCUT2D eigenvalue weighted by Crippen LogP contribution is -2.51. The summed E-state index contributed by atoms with van der Waals surface area (Å²) in [5.74, 6) is 0.546. The first-order valence-corrected chi connectivity index (χ1v) is 12.4. The molecule has 3 aromatic rings. The number of nitriles is 1. The van der Waals surface area contributed by atoms with Crippen molar-refractivity contribution in [1.82, 2.24) is 29.8 Å². The minimum atomic E-state index is -4.46. The number of ether oxygens (including phenoxy) is 1. The molecule has 4 heterocycles. The van der Waals surface area contributed by atoms with E-state index >= 15 is 0 Å². The van der Waals surface area contributed by atoms with Gasteiger partial charge in [0.15, 0.2) is 11.5 Å². The minimum Gasteiger partial charge on any atom is -0.461 e. The lowest BCUT2D eigenvalue weighted by molar-refractivity contribution is -0.138. The maximum absolute atomic E-state index is 13.6. The Labute approximate surface area is 212 Å². The van der Waals surface area contributed by atoms with Crippen molar-refractivity contribution in [2.24, 2.45) is 0 Å². The molecular formula is C25H29F3N8O. The van der Waals surface area contributed by atoms with Gasteiger partial charge in [0.2, 0.25) is 0 Å². The van der Waals surface area contributed by atoms with Crippen LogP contribution in [0.5, 0.6) is 6.01 Å². The molecule has 196 valence electrons. The first kappa shape index (κ1) is 25.2. The summed E-state index contributed by atoms with van der Waals surface area (Å²) in [6, 6.07) is 8.11. The summed E-state index contributed by atoms with van der Waals surface area (Å²) in [6.45, 7) is 3.27. The summed E-state index contributed by atoms with van der Waals surface area (Å²) in [5.41, 5.74) is 0.411. The van der Waals surface area contributed by atoms with Crippen LogP contribution in [0.2, 0.25) is 0 Å². The van der Waals surface area contributed by atoms with E-state index in [4.69, 9.17) is 10.00 Å². The van der Waals surface area contributed by atoms with E-state index in [1.807, 2.05) is 4.90 Å². The first-order valence-electron chi connectivity index (χ1n) is 12.4. The molecule has 0 radical (unpaired) electrons. The Morgan fingerprint density at radius 1 is 1.24 bits per heavy atom. The molecule has 5 rings (SSSR count). The zero-order valence-corrected chi connectivity index (χ0v) is 20.6. The summed E-state index contributed by atoms with van der Waals surface area (Å²) in [6.07, 6.45) is -0.454. The molecule has 37 heavy (non-hydrogen) atoms. The van der Waals surface area contributed by atoms with Crippen molar-refractivity contribution in [3.63, 3.8) is 0 Å². The second-order valence-corrected chi connectivity index (χ2v) is 9.58. The number of imidazole rings is 1. The molecule has 0 amide bonds. The normalized spacial score (nSPS) is 20.9. The van der Waals surface area contributed by atoms with Crippen LogP contribution < -0.4 is 15.0 Å². The van der Waals surface area contributed by atoms with Gasteiger partial charge in [0.05, 0.1) is 29.9 Å². The fourth-order valence-corrected chi connectivity index (χ4v) is 5.06. The van der Waals surface area contributed by atoms with Crippen molar-refractivity contribution in [3.8, 4) is 12.1 Å². The van der Waals surface area contributed by atoms with E-state index in [-0.39, 0.29) is 30.1 Å². The molecule has 2 atom stereocenters. The van der Waals surface area contributed by atoms with Crippen LogP contribution in [0.25, 0.3) is 5.65 Å². The number of piperazine rings is 1. The monoisotopic (exact) mass is 514 g/mol. The van der Waals surface area contributed by atoms with Crippen molar-refractivity contribution < 1.29 is 17.9 Å². The van der Waals surface area contributed by atoms with Crippen molar-refractivity contribution in [2.45, 2.75) is 43.9 Å². The molecule has 2 fully saturated rings. The number of nitrogens with zero attached hydrogens (tertiary/aromatic N) is 7. The minimum absolute atomic E-state index is 0.00325. The van der Waals surface area contributed by atoms with Gasteiger partial charge < -0.3 is 19.9 Å². The number of rotatable bonds is 7. The molecule has 0 saturated carbocycles. The molecule has 12 heteroatoms. The standard InChI is InChI=1S/C25H29F3N8O/c1-34-11-4-6-19(34)16-37-24-32-23(35-12-10-30-18(15-35)8-9-29)22-31-14-20(36(22)33-24)13-17-5-2-3-7-21(17)25(26,27)28/h2-3,5,7,14,18-19,30H,4,6,8,10-13,15-16H2,1H3. The Bertz CT molecular complexity index is 1290. The van der Waals surface area contributed by atoms with Crippen LogP contribution in [0.3, 0.4) is 0 Å². The summed E-state index contributed by atoms with van der Waals surface area (Å²) in [5, 5.41) is 17.0. The van der Waals surface area contributed by atoms with E-state index < -0.39 is 11.7 Å². The van der Waals surface area contributed by atoms with Gasteiger partial charge in [-0.25, -0.2) is 9.50 Å². The molecule has 2 aliphatic heterocycles. The number of aromatic nitrogens is 4. The van der Waals surface area contributed by atoms with E-state index in [9.17, 15) is 13.2 Å². The molecule has 2 aliphatic rings. The number of hydrogen-bond donors (Lipinski definition) is 1. The highest BCUT2D eigenvalue weighted by Gasteiger charge is 2.33. The Balaban J connectivity index is 1.51. The van der Waals surface area contributed by atoms with Gasteiger partial charge in [-0.05, 0) is 38.1 Å². The van der Waals surface area contributed by atoms with E-state index in [1.165, 1.54) is 12.1 Å². The summed E-state index contributed by atoms with van der Waals surface area (Å²) in [7, 11) is 2.05. The number of nitrogens with one attached hydrogen (secondary N) is 1. The zero-order chi connectivity index (χ0) is 26.0. The molecule has 2 saturated heterocycles. The van der Waals surface area contributed by atoms with Crippen molar-refractivity contribution in [2.75, 3.05) is 44.7 Å². The van der Waals surface area contributed by atoms with Crippen LogP contribution in [0, 0.1) is 11.3 Å². The predicted octanol–water partition coefficient (Wildman–Crippen LogP) is 2.90. The Morgan fingerprint density at radius 2 is 2.08 bits per heavy atom.